The predicted octanol–water partition coefficient (Wildman–Crippen LogP) is 2.10. The van der Waals surface area contributed by atoms with Crippen molar-refractivity contribution in [3.8, 4) is 11.1 Å². The first-order chi connectivity index (χ1) is 53.6. The zero-order chi connectivity index (χ0) is 81.6. The van der Waals surface area contributed by atoms with Crippen LogP contribution in [0.1, 0.15) is 166 Å². The monoisotopic (exact) mass is 1550 g/mol. The van der Waals surface area contributed by atoms with Crippen molar-refractivity contribution in [3.63, 3.8) is 0 Å². The van der Waals surface area contributed by atoms with Crippen LogP contribution in [0, 0.1) is 22.7 Å². The van der Waals surface area contributed by atoms with E-state index in [1.54, 1.807) is 50.3 Å². The molecule has 33 heteroatoms. The number of aliphatic carboxylic acids is 1. The number of H-pyrrole nitrogens is 1. The number of esters is 1. The van der Waals surface area contributed by atoms with Gasteiger partial charge in [0, 0.05) is 61.8 Å². The second-order valence-electron chi connectivity index (χ2n) is 28.5. The number of para-hydroxylation sites is 1. The number of primary amides is 1. The van der Waals surface area contributed by atoms with E-state index in [0.29, 0.717) is 17.6 Å². The number of nitrogens with zero attached hydrogens (tertiary/aromatic N) is 1. The number of carbonyl (C=O) groups is 14. The number of nitrogens with one attached hydrogen (secondary N) is 12. The number of aromatic nitrogens is 1. The number of nitrogens with two attached hydrogens (primary N) is 3. The first-order valence-electron chi connectivity index (χ1n) is 38.0. The highest BCUT2D eigenvalue weighted by Gasteiger charge is 2.42. The molecule has 1 aliphatic carbocycles. The van der Waals surface area contributed by atoms with Crippen LogP contribution in [0.3, 0.4) is 0 Å². The average Bonchev–Trinajstić information content (AvgIpc) is 1.61. The number of Topliss-reactive ketones (excluding diaryl/α,β-unsaturated/α-hetero) is 2. The maximum Gasteiger partial charge on any atom is 0.306 e. The highest BCUT2D eigenvalue weighted by molar-refractivity contribution is 6.00. The molecule has 0 spiro atoms. The number of fused-ring (bicyclic) bond motifs is 5. The van der Waals surface area contributed by atoms with Crippen LogP contribution in [-0.2, 0) is 78.3 Å². The maximum absolute atomic E-state index is 14.9. The van der Waals surface area contributed by atoms with Crippen LogP contribution < -0.4 is 65.1 Å². The SMILES string of the molecule is CC=CC[C@H](NC(=O)CCC(=O)OCC1c2ccccc2-c2ccccc21)C(=O)C[C@H]1CCCC[C@@H](C(N)=O)NC(=O)[C@H](CCCCC(=N)N)NC(=O)[C@H](Cc2cc3ccccc3[nH]2)CC(=O)[C@H](C)NC(=O)[C@H](CC=CC)NC(=O)[C@H](CCCNC(=N)N)NC(=O)C2CCCN2C(=O)[C@H](CC(=O)O)NC(=O)[C@H](CO)NC1=O. The van der Waals surface area contributed by atoms with Crippen molar-refractivity contribution in [2.75, 3.05) is 26.3 Å². The number of benzene rings is 3. The Kier molecular flexibility index (Phi) is 34.2. The number of hydrogen-bond acceptors (Lipinski definition) is 18. The van der Waals surface area contributed by atoms with Crippen LogP contribution in [0.2, 0.25) is 0 Å². The van der Waals surface area contributed by atoms with Gasteiger partial charge in [0.15, 0.2) is 17.5 Å². The number of amides is 10. The fraction of sp³-hybridized carbons (Fsp3) is 0.494. The smallest absolute Gasteiger partial charge is 0.306 e. The number of carboxylic acid groups (broad SMARTS) is 1. The van der Waals surface area contributed by atoms with Gasteiger partial charge in [-0.1, -0.05) is 110 Å². The summed E-state index contributed by atoms with van der Waals surface area (Å²) in [6, 6.07) is 10.9. The van der Waals surface area contributed by atoms with Crippen molar-refractivity contribution in [2.45, 2.75) is 209 Å². The van der Waals surface area contributed by atoms with Crippen molar-refractivity contribution in [2.24, 2.45) is 29.0 Å². The number of allylic oxidation sites excluding steroid dienone is 2. The molecule has 0 bridgehead atoms. The Morgan fingerprint density at radius 2 is 1.24 bits per heavy atom. The Hall–Kier alpha value is -11.6. The Labute approximate surface area is 649 Å². The molecule has 3 aliphatic rings. The normalized spacial score (nSPS) is 22.8. The summed E-state index contributed by atoms with van der Waals surface area (Å²) in [6.07, 6.45) is 3.26. The molecule has 11 atom stereocenters. The van der Waals surface area contributed by atoms with Gasteiger partial charge in [-0.25, -0.2) is 0 Å². The van der Waals surface area contributed by atoms with Gasteiger partial charge in [0.2, 0.25) is 59.1 Å². The third-order valence-electron chi connectivity index (χ3n) is 20.1. The lowest BCUT2D eigenvalue weighted by atomic mass is 9.90. The number of rotatable bonds is 28. The van der Waals surface area contributed by atoms with E-state index in [-0.39, 0.29) is 128 Å². The Bertz CT molecular complexity index is 4060. The molecule has 2 aliphatic heterocycles. The number of carbonyl (C=O) groups excluding carboxylic acids is 13. The Morgan fingerprint density at radius 3 is 1.89 bits per heavy atom. The summed E-state index contributed by atoms with van der Waals surface area (Å²) in [5, 5.41) is 60.6. The van der Waals surface area contributed by atoms with Crippen LogP contribution in [0.25, 0.3) is 22.0 Å². The predicted molar refractivity (Wildman–Crippen MR) is 413 cm³/mol. The van der Waals surface area contributed by atoms with Gasteiger partial charge in [0.05, 0.1) is 43.3 Å². The van der Waals surface area contributed by atoms with Crippen LogP contribution in [-0.4, -0.2) is 195 Å². The zero-order valence-corrected chi connectivity index (χ0v) is 63.4. The molecule has 1 unspecified atom stereocenters. The Morgan fingerprint density at radius 1 is 0.643 bits per heavy atom. The van der Waals surface area contributed by atoms with E-state index in [1.807, 2.05) is 66.7 Å². The van der Waals surface area contributed by atoms with Crippen LogP contribution in [0.4, 0.5) is 0 Å². The number of aliphatic hydroxyl groups is 1. The van der Waals surface area contributed by atoms with Crippen molar-refractivity contribution in [3.05, 3.63) is 120 Å². The largest absolute Gasteiger partial charge is 0.481 e. The van der Waals surface area contributed by atoms with Crippen molar-refractivity contribution in [1.82, 2.24) is 57.7 Å². The lowest BCUT2D eigenvalue weighted by Crippen LogP contribution is -2.59. The summed E-state index contributed by atoms with van der Waals surface area (Å²) in [5.74, 6) is -16.5. The number of guanidine groups is 1. The molecule has 1 aromatic heterocycles. The third-order valence-corrected chi connectivity index (χ3v) is 20.1. The Balaban J connectivity index is 1.19. The van der Waals surface area contributed by atoms with Gasteiger partial charge in [-0.05, 0) is 131 Å². The number of ether oxygens (including phenoxy) is 1. The fourth-order valence-corrected chi connectivity index (χ4v) is 14.0. The molecule has 20 N–H and O–H groups in total. The molecule has 0 radical (unpaired) electrons. The van der Waals surface area contributed by atoms with E-state index in [0.717, 1.165) is 32.5 Å². The third kappa shape index (κ3) is 26.3. The molecular formula is C79H106N16O17. The number of ketones is 2. The number of carboxylic acids is 1. The molecule has 33 nitrogen and oxygen atoms in total. The molecule has 3 heterocycles. The fourth-order valence-electron chi connectivity index (χ4n) is 14.0. The summed E-state index contributed by atoms with van der Waals surface area (Å²) >= 11 is 0. The number of hydrogen-bond donors (Lipinski definition) is 17. The van der Waals surface area contributed by atoms with Crippen LogP contribution in [0.5, 0.6) is 0 Å². The molecule has 604 valence electrons. The molecule has 10 amide bonds. The van der Waals surface area contributed by atoms with Crippen LogP contribution in [0.15, 0.2) is 103 Å². The second kappa shape index (κ2) is 43.7. The molecule has 4 aromatic rings. The van der Waals surface area contributed by atoms with E-state index in [9.17, 15) is 77.3 Å². The number of aliphatic hydroxyl groups excluding tert-OH is 1. The number of aromatic amines is 1. The summed E-state index contributed by atoms with van der Waals surface area (Å²) in [7, 11) is 0. The lowest BCUT2D eigenvalue weighted by molar-refractivity contribution is -0.146. The van der Waals surface area contributed by atoms with E-state index in [1.165, 1.54) is 6.92 Å². The van der Waals surface area contributed by atoms with Gasteiger partial charge in [0.25, 0.3) is 0 Å². The minimum Gasteiger partial charge on any atom is -0.481 e. The quantitative estimate of drug-likeness (QED) is 0.0127. The molecule has 112 heavy (non-hydrogen) atoms. The standard InChI is InChI=1S/C79H106N16O17/c1-4-6-26-56(88-67(99)34-35-69(102)112-44-54-52-24-12-10-22-50(52)51-23-11-13-25-53(51)54)65(98)40-47-21-9-15-29-57(70(82)103)89-74(107)59(30-16-17-33-66(80)81)90-72(105)48(39-49-38-46-20-8-14-28-55(46)87-49)41-64(97)45(3)86-73(106)58(27-7-5-2)91-75(108)60(31-18-36-85-79(83)84)92-77(110)63-32-19-37-95(63)78(111)61(42-68(100)101)93-76(109)62(43-96)94-71(47)104/h4-8,10-14,20,22-25,28,38,45,47-48,54,56-63,87,96H,9,15-19,21,26-27,29-37,39-44H2,1-3H3,(H3,80,81)(H2,82,103)(H,86,106)(H,88,99)(H,89,107)(H,90,105)(H,91,108)(H,92,110)(H,93,109)(H,94,104)(H,100,101)(H4,83,84,85)/t45-,47+,48+,56-,57-,58-,59-,60-,61-,62-,63?/m0/s1. The molecular weight excluding hydrogens is 1440 g/mol. The van der Waals surface area contributed by atoms with Crippen molar-refractivity contribution < 1.29 is 82.1 Å². The van der Waals surface area contributed by atoms with Gasteiger partial charge in [-0.3, -0.25) is 77.9 Å². The molecule has 7 rings (SSSR count). The summed E-state index contributed by atoms with van der Waals surface area (Å²) in [6.45, 7) is 3.42. The van der Waals surface area contributed by atoms with Gasteiger partial charge in [-0.2, -0.15) is 0 Å². The van der Waals surface area contributed by atoms with Gasteiger partial charge in [0.1, 0.15) is 48.9 Å². The maximum atomic E-state index is 14.9. The molecule has 2 saturated heterocycles. The highest BCUT2D eigenvalue weighted by atomic mass is 16.5. The first-order valence-corrected chi connectivity index (χ1v) is 38.0. The lowest BCUT2D eigenvalue weighted by Gasteiger charge is -2.30. The summed E-state index contributed by atoms with van der Waals surface area (Å²) in [5.41, 5.74) is 22.4. The second-order valence-corrected chi connectivity index (χ2v) is 28.5. The first kappa shape index (κ1) is 87.6. The van der Waals surface area contributed by atoms with Gasteiger partial charge < -0.3 is 89.9 Å². The topological polar surface area (TPSA) is 542 Å². The molecule has 2 fully saturated rings. The number of unbranched alkanes of at least 4 members (excludes halogenated alkanes) is 1. The van der Waals surface area contributed by atoms with Gasteiger partial charge >= 0.3 is 11.9 Å². The summed E-state index contributed by atoms with van der Waals surface area (Å²) < 4.78 is 5.72. The van der Waals surface area contributed by atoms with Crippen molar-refractivity contribution in [1.29, 1.82) is 10.8 Å². The molecule has 0 saturated carbocycles. The molecule has 3 aromatic carbocycles. The van der Waals surface area contributed by atoms with Crippen molar-refractivity contribution >= 4 is 105 Å². The van der Waals surface area contributed by atoms with E-state index in [4.69, 9.17) is 32.8 Å². The highest BCUT2D eigenvalue weighted by Crippen LogP contribution is 2.44. The van der Waals surface area contributed by atoms with Gasteiger partial charge in [-0.15, -0.1) is 0 Å². The van der Waals surface area contributed by atoms with Crippen LogP contribution >= 0.6 is 0 Å². The summed E-state index contributed by atoms with van der Waals surface area (Å²) in [4.78, 5) is 203. The minimum atomic E-state index is -1.95. The van der Waals surface area contributed by atoms with E-state index in [2.05, 4.69) is 52.8 Å². The minimum absolute atomic E-state index is 0.000395. The average molecular weight is 1550 g/mol. The van der Waals surface area contributed by atoms with E-state index >= 15 is 0 Å². The number of amidine groups is 1. The van der Waals surface area contributed by atoms with E-state index < -0.39 is 187 Å². The zero-order valence-electron chi connectivity index (χ0n) is 63.4.